The Morgan fingerprint density at radius 3 is 2.24 bits per heavy atom. The van der Waals surface area contributed by atoms with Gasteiger partial charge in [-0.1, -0.05) is 28.1 Å². The number of carbonyl (C=O) groups excluding carboxylic acids is 2. The van der Waals surface area contributed by atoms with E-state index in [0.717, 1.165) is 35.3 Å². The van der Waals surface area contributed by atoms with Gasteiger partial charge in [0.2, 0.25) is 5.91 Å². The third-order valence-corrected chi connectivity index (χ3v) is 6.55. The maximum Gasteiger partial charge on any atom is 0.253 e. The normalized spacial score (nSPS) is 26.8. The average molecular weight is 456 g/mol. The summed E-state index contributed by atoms with van der Waals surface area (Å²) in [4.78, 5) is 28.2. The summed E-state index contributed by atoms with van der Waals surface area (Å²) in [6.07, 6.45) is 1.00. The van der Waals surface area contributed by atoms with Crippen LogP contribution in [0.1, 0.15) is 24.9 Å². The third-order valence-electron chi connectivity index (χ3n) is 6.02. The molecule has 5 rings (SSSR count). The molecule has 3 aliphatic heterocycles. The molecule has 7 heteroatoms. The fourth-order valence-corrected chi connectivity index (χ4v) is 5.15. The minimum Gasteiger partial charge on any atom is -0.494 e. The van der Waals surface area contributed by atoms with Crippen molar-refractivity contribution in [2.24, 2.45) is 5.92 Å². The molecule has 150 valence electrons. The molecular formula is C22H22BrN3O3. The van der Waals surface area contributed by atoms with E-state index >= 15 is 0 Å². The van der Waals surface area contributed by atoms with E-state index in [1.165, 1.54) is 4.90 Å². The summed E-state index contributed by atoms with van der Waals surface area (Å²) in [5.41, 5.74) is 1.68. The number of hydrogen-bond donors (Lipinski definition) is 0. The van der Waals surface area contributed by atoms with Crippen molar-refractivity contribution in [2.75, 3.05) is 24.6 Å². The molecule has 2 aromatic rings. The van der Waals surface area contributed by atoms with E-state index < -0.39 is 12.0 Å². The molecule has 3 fully saturated rings. The van der Waals surface area contributed by atoms with Crippen LogP contribution < -0.4 is 9.64 Å². The van der Waals surface area contributed by atoms with Gasteiger partial charge < -0.3 is 4.74 Å². The summed E-state index contributed by atoms with van der Waals surface area (Å²) in [6.45, 7) is 4.18. The van der Waals surface area contributed by atoms with Crippen molar-refractivity contribution >= 4 is 33.4 Å². The lowest BCUT2D eigenvalue weighted by molar-refractivity contribution is -0.126. The lowest BCUT2D eigenvalue weighted by Gasteiger charge is -2.29. The van der Waals surface area contributed by atoms with Crippen LogP contribution in [0.5, 0.6) is 5.75 Å². The van der Waals surface area contributed by atoms with E-state index in [1.54, 1.807) is 12.1 Å². The summed E-state index contributed by atoms with van der Waals surface area (Å²) < 4.78 is 6.48. The van der Waals surface area contributed by atoms with Crippen molar-refractivity contribution in [1.29, 1.82) is 0 Å². The van der Waals surface area contributed by atoms with Gasteiger partial charge in [-0.25, -0.2) is 14.9 Å². The number of carbonyl (C=O) groups is 2. The molecule has 0 spiro atoms. The minimum atomic E-state index is -0.426. The lowest BCUT2D eigenvalue weighted by atomic mass is 9.90. The Morgan fingerprint density at radius 2 is 1.59 bits per heavy atom. The van der Waals surface area contributed by atoms with E-state index in [2.05, 4.69) is 25.9 Å². The number of anilines is 1. The van der Waals surface area contributed by atoms with E-state index in [1.807, 2.05) is 43.3 Å². The number of imide groups is 1. The Labute approximate surface area is 178 Å². The Balaban J connectivity index is 1.51. The SMILES string of the molecule is CCOc1ccc(N2C(=O)[C@@H]3[C@@H](C2=O)N2CCCN2[C@H]3c2ccc(Br)cc2)cc1. The van der Waals surface area contributed by atoms with Crippen LogP contribution in [0, 0.1) is 5.92 Å². The van der Waals surface area contributed by atoms with Gasteiger partial charge in [0.25, 0.3) is 5.91 Å². The topological polar surface area (TPSA) is 53.1 Å². The Bertz CT molecular complexity index is 947. The fraction of sp³-hybridized carbons (Fsp3) is 0.364. The van der Waals surface area contributed by atoms with Crippen LogP contribution in [0.25, 0.3) is 0 Å². The highest BCUT2D eigenvalue weighted by atomic mass is 79.9. The largest absolute Gasteiger partial charge is 0.494 e. The van der Waals surface area contributed by atoms with Crippen molar-refractivity contribution in [3.63, 3.8) is 0 Å². The van der Waals surface area contributed by atoms with Gasteiger partial charge in [0, 0.05) is 17.6 Å². The number of amides is 2. The average Bonchev–Trinajstić information content (AvgIpc) is 3.36. The van der Waals surface area contributed by atoms with E-state index in [4.69, 9.17) is 4.74 Å². The number of hydrogen-bond acceptors (Lipinski definition) is 5. The van der Waals surface area contributed by atoms with Gasteiger partial charge in [0.05, 0.1) is 24.3 Å². The van der Waals surface area contributed by atoms with Gasteiger partial charge in [-0.15, -0.1) is 0 Å². The number of hydrazine groups is 1. The van der Waals surface area contributed by atoms with Crippen LogP contribution in [0.15, 0.2) is 53.0 Å². The van der Waals surface area contributed by atoms with Gasteiger partial charge in [0.1, 0.15) is 11.8 Å². The maximum atomic E-state index is 13.5. The van der Waals surface area contributed by atoms with Crippen LogP contribution in [-0.4, -0.2) is 47.6 Å². The molecule has 0 radical (unpaired) electrons. The summed E-state index contributed by atoms with van der Waals surface area (Å²) in [5, 5.41) is 4.34. The predicted octanol–water partition coefficient (Wildman–Crippen LogP) is 3.38. The highest BCUT2D eigenvalue weighted by Crippen LogP contribution is 2.49. The number of nitrogens with zero attached hydrogens (tertiary/aromatic N) is 3. The third kappa shape index (κ3) is 2.91. The van der Waals surface area contributed by atoms with Gasteiger partial charge in [-0.3, -0.25) is 9.59 Å². The van der Waals surface area contributed by atoms with Gasteiger partial charge >= 0.3 is 0 Å². The summed E-state index contributed by atoms with van der Waals surface area (Å²) in [7, 11) is 0. The first kappa shape index (κ1) is 18.8. The molecule has 0 aliphatic carbocycles. The Hall–Kier alpha value is -2.22. The zero-order valence-corrected chi connectivity index (χ0v) is 17.7. The van der Waals surface area contributed by atoms with Crippen LogP contribution in [0.2, 0.25) is 0 Å². The molecule has 2 aromatic carbocycles. The zero-order valence-electron chi connectivity index (χ0n) is 16.1. The molecule has 3 aliphatic rings. The second kappa shape index (κ2) is 7.23. The molecule has 6 nitrogen and oxygen atoms in total. The van der Waals surface area contributed by atoms with E-state index in [0.29, 0.717) is 12.3 Å². The van der Waals surface area contributed by atoms with Crippen molar-refractivity contribution in [3.8, 4) is 5.75 Å². The van der Waals surface area contributed by atoms with Gasteiger partial charge in [-0.05, 0) is 55.3 Å². The lowest BCUT2D eigenvalue weighted by Crippen LogP contribution is -2.44. The van der Waals surface area contributed by atoms with Crippen molar-refractivity contribution in [2.45, 2.75) is 25.4 Å². The quantitative estimate of drug-likeness (QED) is 0.661. The first-order valence-corrected chi connectivity index (χ1v) is 10.8. The predicted molar refractivity (Wildman–Crippen MR) is 112 cm³/mol. The molecule has 0 bridgehead atoms. The van der Waals surface area contributed by atoms with Gasteiger partial charge in [0.15, 0.2) is 0 Å². The zero-order chi connectivity index (χ0) is 20.1. The standard InChI is InChI=1S/C22H22BrN3O3/c1-2-29-17-10-8-16(9-11-17)26-21(27)18-19(14-4-6-15(23)7-5-14)24-12-3-13-25(24)20(18)22(26)28/h4-11,18-20H,2-3,12-13H2,1H3/t18-,19-,20-/m0/s1. The molecular weight excluding hydrogens is 434 g/mol. The second-order valence-electron chi connectivity index (χ2n) is 7.59. The van der Waals surface area contributed by atoms with E-state index in [-0.39, 0.29) is 17.9 Å². The van der Waals surface area contributed by atoms with Crippen molar-refractivity contribution in [3.05, 3.63) is 58.6 Å². The van der Waals surface area contributed by atoms with Crippen LogP contribution in [-0.2, 0) is 9.59 Å². The molecule has 3 atom stereocenters. The summed E-state index contributed by atoms with van der Waals surface area (Å²) >= 11 is 3.48. The monoisotopic (exact) mass is 455 g/mol. The Morgan fingerprint density at radius 1 is 0.931 bits per heavy atom. The molecule has 2 amide bonds. The number of fused-ring (bicyclic) bond motifs is 3. The van der Waals surface area contributed by atoms with E-state index in [9.17, 15) is 9.59 Å². The summed E-state index contributed by atoms with van der Waals surface area (Å²) in [5.74, 6) is 0.0895. The second-order valence-corrected chi connectivity index (χ2v) is 8.50. The minimum absolute atomic E-state index is 0.111. The molecule has 0 saturated carbocycles. The molecule has 0 unspecified atom stereocenters. The molecule has 29 heavy (non-hydrogen) atoms. The number of benzene rings is 2. The van der Waals surface area contributed by atoms with Crippen LogP contribution >= 0.6 is 15.9 Å². The number of halogens is 1. The van der Waals surface area contributed by atoms with Crippen molar-refractivity contribution in [1.82, 2.24) is 10.0 Å². The van der Waals surface area contributed by atoms with Crippen LogP contribution in [0.4, 0.5) is 5.69 Å². The molecule has 0 N–H and O–H groups in total. The Kier molecular flexibility index (Phi) is 4.69. The van der Waals surface area contributed by atoms with Crippen molar-refractivity contribution < 1.29 is 14.3 Å². The number of rotatable bonds is 4. The maximum absolute atomic E-state index is 13.5. The number of ether oxygens (including phenoxy) is 1. The van der Waals surface area contributed by atoms with Crippen LogP contribution in [0.3, 0.4) is 0 Å². The summed E-state index contributed by atoms with van der Waals surface area (Å²) in [6, 6.07) is 14.7. The first-order chi connectivity index (χ1) is 14.1. The molecule has 0 aromatic heterocycles. The smallest absolute Gasteiger partial charge is 0.253 e. The highest BCUT2D eigenvalue weighted by molar-refractivity contribution is 9.10. The molecule has 3 saturated heterocycles. The first-order valence-electron chi connectivity index (χ1n) is 9.99. The van der Waals surface area contributed by atoms with Gasteiger partial charge in [-0.2, -0.15) is 0 Å². The molecule has 3 heterocycles. The fourth-order valence-electron chi connectivity index (χ4n) is 4.89. The highest BCUT2D eigenvalue weighted by Gasteiger charge is 2.62.